The average molecular weight is 274 g/mol. The number of alkyl halides is 3. The van der Waals surface area contributed by atoms with Crippen molar-refractivity contribution < 1.29 is 13.2 Å². The molecule has 5 heteroatoms. The van der Waals surface area contributed by atoms with E-state index < -0.39 is 11.9 Å². The van der Waals surface area contributed by atoms with Crippen LogP contribution in [0.5, 0.6) is 0 Å². The number of benzene rings is 1. The number of nitrogens with zero attached hydrogens (tertiary/aromatic N) is 1. The Kier molecular flexibility index (Phi) is 3.23. The molecule has 1 aromatic heterocycles. The molecule has 0 bridgehead atoms. The van der Waals surface area contributed by atoms with E-state index in [2.05, 4.69) is 4.98 Å². The van der Waals surface area contributed by atoms with Gasteiger partial charge in [0.25, 0.3) is 0 Å². The fourth-order valence-electron chi connectivity index (χ4n) is 1.96. The summed E-state index contributed by atoms with van der Waals surface area (Å²) >= 11 is 6.03. The van der Waals surface area contributed by atoms with Crippen LogP contribution in [0.2, 0.25) is 5.02 Å². The van der Waals surface area contributed by atoms with E-state index in [1.165, 1.54) is 6.92 Å². The lowest BCUT2D eigenvalue weighted by Crippen LogP contribution is -2.11. The molecule has 1 aromatic carbocycles. The lowest BCUT2D eigenvalue weighted by atomic mass is 10.0. The largest absolute Gasteiger partial charge is 0.433 e. The van der Waals surface area contributed by atoms with E-state index in [9.17, 15) is 13.2 Å². The van der Waals surface area contributed by atoms with Crippen LogP contribution in [0.25, 0.3) is 10.9 Å². The smallest absolute Gasteiger partial charge is 0.243 e. The van der Waals surface area contributed by atoms with Gasteiger partial charge in [-0.3, -0.25) is 0 Å². The summed E-state index contributed by atoms with van der Waals surface area (Å²) in [5.74, 6) is 0. The van der Waals surface area contributed by atoms with Crippen molar-refractivity contribution in [2.24, 2.45) is 0 Å². The minimum atomic E-state index is -4.48. The van der Waals surface area contributed by atoms with E-state index in [0.29, 0.717) is 17.3 Å². The average Bonchev–Trinajstić information content (AvgIpc) is 2.31. The summed E-state index contributed by atoms with van der Waals surface area (Å²) in [7, 11) is 0. The van der Waals surface area contributed by atoms with Gasteiger partial charge in [-0.2, -0.15) is 13.2 Å². The molecule has 2 rings (SSSR count). The number of fused-ring (bicyclic) bond motifs is 1. The Labute approximate surface area is 108 Å². The van der Waals surface area contributed by atoms with E-state index in [4.69, 9.17) is 11.6 Å². The molecule has 18 heavy (non-hydrogen) atoms. The van der Waals surface area contributed by atoms with Gasteiger partial charge in [0.1, 0.15) is 5.69 Å². The van der Waals surface area contributed by atoms with Crippen LogP contribution < -0.4 is 0 Å². The van der Waals surface area contributed by atoms with Gasteiger partial charge in [0.2, 0.25) is 0 Å². The molecule has 0 aliphatic carbocycles. The molecule has 0 saturated heterocycles. The zero-order valence-corrected chi connectivity index (χ0v) is 10.7. The molecule has 1 nitrogen and oxygen atoms in total. The summed E-state index contributed by atoms with van der Waals surface area (Å²) in [6.45, 7) is 3.22. The van der Waals surface area contributed by atoms with Gasteiger partial charge in [0.15, 0.2) is 0 Å². The van der Waals surface area contributed by atoms with Crippen LogP contribution >= 0.6 is 11.6 Å². The van der Waals surface area contributed by atoms with Crippen molar-refractivity contribution in [1.29, 1.82) is 0 Å². The van der Waals surface area contributed by atoms with E-state index in [0.717, 1.165) is 5.56 Å². The molecule has 2 aromatic rings. The van der Waals surface area contributed by atoms with Crippen LogP contribution in [0.15, 0.2) is 18.2 Å². The molecule has 0 aliphatic rings. The zero-order valence-electron chi connectivity index (χ0n) is 9.90. The molecule has 96 valence electrons. The van der Waals surface area contributed by atoms with Crippen LogP contribution in [-0.2, 0) is 12.6 Å². The topological polar surface area (TPSA) is 12.9 Å². The Bertz CT molecular complexity index is 605. The third kappa shape index (κ3) is 2.05. The monoisotopic (exact) mass is 273 g/mol. The number of pyridine rings is 1. The highest BCUT2D eigenvalue weighted by Gasteiger charge is 2.36. The number of hydrogen-bond donors (Lipinski definition) is 0. The van der Waals surface area contributed by atoms with E-state index in [-0.39, 0.29) is 10.6 Å². The highest BCUT2D eigenvalue weighted by Crippen LogP contribution is 2.37. The Morgan fingerprint density at radius 1 is 1.28 bits per heavy atom. The van der Waals surface area contributed by atoms with Crippen LogP contribution in [0, 0.1) is 6.92 Å². The first-order chi connectivity index (χ1) is 8.36. The van der Waals surface area contributed by atoms with Gasteiger partial charge in [-0.05, 0) is 24.5 Å². The van der Waals surface area contributed by atoms with Gasteiger partial charge >= 0.3 is 6.18 Å². The first-order valence-corrected chi connectivity index (χ1v) is 5.89. The summed E-state index contributed by atoms with van der Waals surface area (Å²) in [5, 5.41) is 0.698. The van der Waals surface area contributed by atoms with Gasteiger partial charge in [-0.15, -0.1) is 0 Å². The third-order valence-corrected chi connectivity index (χ3v) is 3.40. The summed E-state index contributed by atoms with van der Waals surface area (Å²) in [6, 6.07) is 5.24. The molecule has 1 heterocycles. The Morgan fingerprint density at radius 3 is 2.50 bits per heavy atom. The summed E-state index contributed by atoms with van der Waals surface area (Å²) in [5.41, 5.74) is 0.175. The minimum absolute atomic E-state index is 0.0232. The Balaban J connectivity index is 2.89. The van der Waals surface area contributed by atoms with Gasteiger partial charge in [0, 0.05) is 5.39 Å². The van der Waals surface area contributed by atoms with Crippen LogP contribution in [0.3, 0.4) is 0 Å². The second-order valence-corrected chi connectivity index (χ2v) is 4.44. The standard InChI is InChI=1S/C13H11ClF3N/c1-3-8-5-4-6-9-10(14)7(2)12(13(15,16)17)18-11(8)9/h4-6H,3H2,1-2H3. The maximum Gasteiger partial charge on any atom is 0.433 e. The molecule has 0 unspecified atom stereocenters. The molecule has 0 amide bonds. The summed E-state index contributed by atoms with van der Waals surface area (Å²) in [4.78, 5) is 3.77. The normalized spacial score (nSPS) is 12.1. The number of halogens is 4. The van der Waals surface area contributed by atoms with Gasteiger partial charge in [-0.1, -0.05) is 36.7 Å². The number of aryl methyl sites for hydroxylation is 1. The molecule has 0 aliphatic heterocycles. The summed E-state index contributed by atoms with van der Waals surface area (Å²) in [6.07, 6.45) is -3.87. The fourth-order valence-corrected chi connectivity index (χ4v) is 2.21. The molecule has 0 spiro atoms. The zero-order chi connectivity index (χ0) is 13.5. The van der Waals surface area contributed by atoms with Crippen molar-refractivity contribution >= 4 is 22.5 Å². The van der Waals surface area contributed by atoms with Crippen molar-refractivity contribution in [3.8, 4) is 0 Å². The second kappa shape index (κ2) is 4.43. The molecular weight excluding hydrogens is 263 g/mol. The van der Waals surface area contributed by atoms with Gasteiger partial charge in [-0.25, -0.2) is 4.98 Å². The maximum atomic E-state index is 12.9. The van der Waals surface area contributed by atoms with Crippen molar-refractivity contribution in [3.05, 3.63) is 40.0 Å². The molecule has 0 radical (unpaired) electrons. The van der Waals surface area contributed by atoms with Gasteiger partial charge in [0.05, 0.1) is 10.5 Å². The number of para-hydroxylation sites is 1. The van der Waals surface area contributed by atoms with Crippen molar-refractivity contribution in [2.45, 2.75) is 26.4 Å². The third-order valence-electron chi connectivity index (χ3n) is 2.91. The lowest BCUT2D eigenvalue weighted by molar-refractivity contribution is -0.141. The number of hydrogen-bond acceptors (Lipinski definition) is 1. The van der Waals surface area contributed by atoms with Crippen molar-refractivity contribution in [3.63, 3.8) is 0 Å². The summed E-state index contributed by atoms with van der Waals surface area (Å²) < 4.78 is 38.6. The SMILES string of the molecule is CCc1cccc2c(Cl)c(C)c(C(F)(F)F)nc12. The quantitative estimate of drug-likeness (QED) is 0.729. The highest BCUT2D eigenvalue weighted by atomic mass is 35.5. The Morgan fingerprint density at radius 2 is 1.94 bits per heavy atom. The van der Waals surface area contributed by atoms with Gasteiger partial charge < -0.3 is 0 Å². The highest BCUT2D eigenvalue weighted by molar-refractivity contribution is 6.36. The second-order valence-electron chi connectivity index (χ2n) is 4.06. The maximum absolute atomic E-state index is 12.9. The van der Waals surface area contributed by atoms with Crippen molar-refractivity contribution in [2.75, 3.05) is 0 Å². The van der Waals surface area contributed by atoms with E-state index in [1.54, 1.807) is 18.2 Å². The van der Waals surface area contributed by atoms with E-state index >= 15 is 0 Å². The predicted molar refractivity (Wildman–Crippen MR) is 65.9 cm³/mol. The fraction of sp³-hybridized carbons (Fsp3) is 0.308. The van der Waals surface area contributed by atoms with Crippen LogP contribution in [0.1, 0.15) is 23.7 Å². The van der Waals surface area contributed by atoms with E-state index in [1.807, 2.05) is 6.92 Å². The van der Waals surface area contributed by atoms with Crippen LogP contribution in [-0.4, -0.2) is 4.98 Å². The first-order valence-electron chi connectivity index (χ1n) is 5.51. The Hall–Kier alpha value is -1.29. The molecule has 0 fully saturated rings. The van der Waals surface area contributed by atoms with Crippen LogP contribution in [0.4, 0.5) is 13.2 Å². The lowest BCUT2D eigenvalue weighted by Gasteiger charge is -2.14. The number of rotatable bonds is 1. The molecule has 0 saturated carbocycles. The first kappa shape index (κ1) is 13.1. The molecule has 0 N–H and O–H groups in total. The minimum Gasteiger partial charge on any atom is -0.243 e. The molecular formula is C13H11ClF3N. The molecule has 0 atom stereocenters. The number of aromatic nitrogens is 1. The predicted octanol–water partition coefficient (Wildman–Crippen LogP) is 4.78. The van der Waals surface area contributed by atoms with Crippen molar-refractivity contribution in [1.82, 2.24) is 4.98 Å².